The van der Waals surface area contributed by atoms with Gasteiger partial charge in [0.2, 0.25) is 11.6 Å². The lowest BCUT2D eigenvalue weighted by atomic mass is 10.00. The molecule has 2 heterocycles. The van der Waals surface area contributed by atoms with Gasteiger partial charge in [-0.3, -0.25) is 25.8 Å². The number of fused-ring (bicyclic) bond motifs is 1. The molecule has 0 spiro atoms. The molecule has 3 aromatic rings. The Balaban J connectivity index is 1.58. The van der Waals surface area contributed by atoms with E-state index >= 15 is 0 Å². The molecular weight excluding hydrogens is 372 g/mol. The molecule has 1 aromatic heterocycles. The molecule has 0 aliphatic carbocycles. The third kappa shape index (κ3) is 3.84. The second-order valence-electron chi connectivity index (χ2n) is 6.54. The highest BCUT2D eigenvalue weighted by Gasteiger charge is 2.29. The van der Waals surface area contributed by atoms with Gasteiger partial charge in [-0.15, -0.1) is 0 Å². The van der Waals surface area contributed by atoms with E-state index in [2.05, 4.69) is 26.9 Å². The first-order valence-electron chi connectivity index (χ1n) is 9.06. The third-order valence-electron chi connectivity index (χ3n) is 4.75. The quantitative estimate of drug-likeness (QED) is 0.509. The molecule has 1 aliphatic rings. The number of carbonyl (C=O) groups excluding carboxylic acids is 1. The molecule has 0 atom stereocenters. The standard InChI is InChI=1S/C20H18N6O3/c27-20(15-7-2-1-3-8-15)24-23-18-17(26(28)29)19(22-13-21-18)25-11-10-14-6-4-5-9-16(14)12-25/h1-9,13H,10-12H2,(H,24,27)(H,21,22,23). The molecule has 0 bridgehead atoms. The maximum Gasteiger partial charge on any atom is 0.355 e. The summed E-state index contributed by atoms with van der Waals surface area (Å²) in [5.74, 6) is -0.272. The van der Waals surface area contributed by atoms with E-state index < -0.39 is 10.8 Å². The molecule has 0 radical (unpaired) electrons. The van der Waals surface area contributed by atoms with Gasteiger partial charge in [0.15, 0.2) is 0 Å². The van der Waals surface area contributed by atoms with Crippen LogP contribution < -0.4 is 15.8 Å². The zero-order valence-electron chi connectivity index (χ0n) is 15.4. The molecule has 0 unspecified atom stereocenters. The van der Waals surface area contributed by atoms with E-state index in [9.17, 15) is 14.9 Å². The number of nitrogens with one attached hydrogen (secondary N) is 2. The maximum atomic E-state index is 12.2. The largest absolute Gasteiger partial charge is 0.355 e. The molecule has 0 saturated carbocycles. The topological polar surface area (TPSA) is 113 Å². The Labute approximate surface area is 166 Å². The zero-order chi connectivity index (χ0) is 20.2. The van der Waals surface area contributed by atoms with Crippen LogP contribution in [-0.4, -0.2) is 27.3 Å². The van der Waals surface area contributed by atoms with E-state index in [1.165, 1.54) is 11.9 Å². The van der Waals surface area contributed by atoms with Crippen molar-refractivity contribution in [2.75, 3.05) is 16.9 Å². The monoisotopic (exact) mass is 390 g/mol. The summed E-state index contributed by atoms with van der Waals surface area (Å²) < 4.78 is 0. The molecule has 146 valence electrons. The SMILES string of the molecule is O=C(NNc1ncnc(N2CCc3ccccc3C2)c1[N+](=O)[O-])c1ccccc1. The summed E-state index contributed by atoms with van der Waals surface area (Å²) in [7, 11) is 0. The first kappa shape index (κ1) is 18.4. The number of anilines is 2. The molecule has 2 aromatic carbocycles. The van der Waals surface area contributed by atoms with Crippen molar-refractivity contribution in [3.63, 3.8) is 0 Å². The Kier molecular flexibility index (Phi) is 5.02. The summed E-state index contributed by atoms with van der Waals surface area (Å²) in [6, 6.07) is 16.5. The highest BCUT2D eigenvalue weighted by Crippen LogP contribution is 2.34. The molecule has 0 saturated heterocycles. The average molecular weight is 390 g/mol. The van der Waals surface area contributed by atoms with Crippen LogP contribution in [0.5, 0.6) is 0 Å². The number of aromatic nitrogens is 2. The summed E-state index contributed by atoms with van der Waals surface area (Å²) >= 11 is 0. The van der Waals surface area contributed by atoms with Gasteiger partial charge in [0, 0.05) is 18.7 Å². The van der Waals surface area contributed by atoms with Crippen molar-refractivity contribution in [3.05, 3.63) is 87.7 Å². The first-order valence-corrected chi connectivity index (χ1v) is 9.06. The van der Waals surface area contributed by atoms with E-state index in [1.54, 1.807) is 30.3 Å². The van der Waals surface area contributed by atoms with Gasteiger partial charge in [-0.2, -0.15) is 0 Å². The molecule has 9 heteroatoms. The number of nitrogens with zero attached hydrogens (tertiary/aromatic N) is 4. The minimum atomic E-state index is -0.535. The average Bonchev–Trinajstić information content (AvgIpc) is 2.77. The Bertz CT molecular complexity index is 1060. The van der Waals surface area contributed by atoms with Crippen LogP contribution in [-0.2, 0) is 13.0 Å². The molecular formula is C20H18N6O3. The first-order chi connectivity index (χ1) is 14.1. The molecule has 0 fully saturated rings. The second-order valence-corrected chi connectivity index (χ2v) is 6.54. The Morgan fingerprint density at radius 1 is 1.03 bits per heavy atom. The molecule has 9 nitrogen and oxygen atoms in total. The number of hydrogen-bond acceptors (Lipinski definition) is 7. The number of nitro groups is 1. The number of carbonyl (C=O) groups is 1. The van der Waals surface area contributed by atoms with Crippen LogP contribution in [0.2, 0.25) is 0 Å². The summed E-state index contributed by atoms with van der Waals surface area (Å²) in [5, 5.41) is 11.8. The van der Waals surface area contributed by atoms with Gasteiger partial charge < -0.3 is 4.90 Å². The van der Waals surface area contributed by atoms with Gasteiger partial charge in [-0.1, -0.05) is 42.5 Å². The van der Waals surface area contributed by atoms with Crippen LogP contribution in [0.15, 0.2) is 60.9 Å². The maximum absolute atomic E-state index is 12.2. The minimum absolute atomic E-state index is 0.0665. The van der Waals surface area contributed by atoms with Gasteiger partial charge in [0.25, 0.3) is 5.91 Å². The number of rotatable bonds is 5. The van der Waals surface area contributed by atoms with E-state index in [-0.39, 0.29) is 17.3 Å². The molecule has 1 amide bonds. The van der Waals surface area contributed by atoms with Crippen molar-refractivity contribution in [2.45, 2.75) is 13.0 Å². The van der Waals surface area contributed by atoms with E-state index in [0.29, 0.717) is 18.7 Å². The van der Waals surface area contributed by atoms with Crippen molar-refractivity contribution >= 4 is 23.2 Å². The predicted octanol–water partition coefficient (Wildman–Crippen LogP) is 2.70. The zero-order valence-corrected chi connectivity index (χ0v) is 15.4. The third-order valence-corrected chi connectivity index (χ3v) is 4.75. The number of hydrazine groups is 1. The van der Waals surface area contributed by atoms with E-state index in [0.717, 1.165) is 12.0 Å². The van der Waals surface area contributed by atoms with E-state index in [1.807, 2.05) is 23.1 Å². The fourth-order valence-corrected chi connectivity index (χ4v) is 3.31. The highest BCUT2D eigenvalue weighted by molar-refractivity contribution is 5.95. The Morgan fingerprint density at radius 2 is 1.76 bits per heavy atom. The van der Waals surface area contributed by atoms with Crippen molar-refractivity contribution in [1.82, 2.24) is 15.4 Å². The molecule has 1 aliphatic heterocycles. The minimum Gasteiger partial charge on any atom is -0.346 e. The molecule has 4 rings (SSSR count). The van der Waals surface area contributed by atoms with Gasteiger partial charge in [0.05, 0.1) is 4.92 Å². The molecule has 2 N–H and O–H groups in total. The summed E-state index contributed by atoms with van der Waals surface area (Å²) in [5.41, 5.74) is 7.51. The summed E-state index contributed by atoms with van der Waals surface area (Å²) in [6.07, 6.45) is 2.02. The van der Waals surface area contributed by atoms with Crippen LogP contribution in [0.4, 0.5) is 17.3 Å². The second kappa shape index (κ2) is 7.93. The molecule has 29 heavy (non-hydrogen) atoms. The van der Waals surface area contributed by atoms with Crippen LogP contribution in [0.1, 0.15) is 21.5 Å². The lowest BCUT2D eigenvalue weighted by Crippen LogP contribution is -2.33. The Hall–Kier alpha value is -4.01. The summed E-state index contributed by atoms with van der Waals surface area (Å²) in [6.45, 7) is 1.12. The van der Waals surface area contributed by atoms with Crippen molar-refractivity contribution in [3.8, 4) is 0 Å². The number of amides is 1. The highest BCUT2D eigenvalue weighted by atomic mass is 16.6. The Morgan fingerprint density at radius 3 is 2.52 bits per heavy atom. The number of hydrogen-bond donors (Lipinski definition) is 2. The predicted molar refractivity (Wildman–Crippen MR) is 107 cm³/mol. The number of benzene rings is 2. The van der Waals surface area contributed by atoms with E-state index in [4.69, 9.17) is 0 Å². The van der Waals surface area contributed by atoms with Gasteiger partial charge in [-0.05, 0) is 29.7 Å². The van der Waals surface area contributed by atoms with Crippen LogP contribution >= 0.6 is 0 Å². The fourth-order valence-electron chi connectivity index (χ4n) is 3.31. The van der Waals surface area contributed by atoms with Crippen molar-refractivity contribution in [1.29, 1.82) is 0 Å². The van der Waals surface area contributed by atoms with Crippen LogP contribution in [0.3, 0.4) is 0 Å². The smallest absolute Gasteiger partial charge is 0.346 e. The lowest BCUT2D eigenvalue weighted by molar-refractivity contribution is -0.383. The van der Waals surface area contributed by atoms with Crippen molar-refractivity contribution in [2.24, 2.45) is 0 Å². The lowest BCUT2D eigenvalue weighted by Gasteiger charge is -2.29. The van der Waals surface area contributed by atoms with Gasteiger partial charge in [0.1, 0.15) is 6.33 Å². The van der Waals surface area contributed by atoms with Crippen LogP contribution in [0, 0.1) is 10.1 Å². The van der Waals surface area contributed by atoms with Gasteiger partial charge >= 0.3 is 5.69 Å². The van der Waals surface area contributed by atoms with Gasteiger partial charge in [-0.25, -0.2) is 9.97 Å². The normalized spacial score (nSPS) is 12.8. The van der Waals surface area contributed by atoms with Crippen LogP contribution in [0.25, 0.3) is 0 Å². The summed E-state index contributed by atoms with van der Waals surface area (Å²) in [4.78, 5) is 33.5. The fraction of sp³-hybridized carbons (Fsp3) is 0.150. The van der Waals surface area contributed by atoms with Crippen molar-refractivity contribution < 1.29 is 9.72 Å².